The fourth-order valence-corrected chi connectivity index (χ4v) is 3.83. The Morgan fingerprint density at radius 2 is 1.64 bits per heavy atom. The number of halogens is 1. The molecule has 1 aliphatic rings. The average Bonchev–Trinajstić information content (AvgIpc) is 3.08. The van der Waals surface area contributed by atoms with Gasteiger partial charge in [-0.2, -0.15) is 0 Å². The van der Waals surface area contributed by atoms with Gasteiger partial charge in [0, 0.05) is 34.8 Å². The molecule has 0 saturated carbocycles. The normalized spacial score (nSPS) is 20.5. The van der Waals surface area contributed by atoms with Crippen molar-refractivity contribution >= 4 is 27.7 Å². The lowest BCUT2D eigenvalue weighted by molar-refractivity contribution is -0.134. The van der Waals surface area contributed by atoms with E-state index in [1.807, 2.05) is 36.4 Å². The number of benzene rings is 2. The van der Waals surface area contributed by atoms with Gasteiger partial charge in [-0.25, -0.2) is 4.39 Å². The van der Waals surface area contributed by atoms with Crippen molar-refractivity contribution in [1.82, 2.24) is 9.47 Å². The number of hydrogen-bond donors (Lipinski definition) is 1. The van der Waals surface area contributed by atoms with Crippen LogP contribution in [0.5, 0.6) is 0 Å². The molecule has 4 nitrogen and oxygen atoms in total. The average molecular weight is 340 g/mol. The van der Waals surface area contributed by atoms with Crippen LogP contribution >= 0.6 is 0 Å². The lowest BCUT2D eigenvalue weighted by Crippen LogP contribution is -2.45. The smallest absolute Gasteiger partial charge is 0.257 e. The molecule has 5 heteroatoms. The molecule has 25 heavy (non-hydrogen) atoms. The molecule has 0 radical (unpaired) electrons. The Labute approximate surface area is 145 Å². The number of nitrogens with zero attached hydrogens (tertiary/aromatic N) is 2. The first-order valence-electron chi connectivity index (χ1n) is 8.57. The van der Waals surface area contributed by atoms with Crippen molar-refractivity contribution in [3.05, 3.63) is 48.5 Å². The van der Waals surface area contributed by atoms with Crippen molar-refractivity contribution in [2.75, 3.05) is 13.1 Å². The maximum atomic E-state index is 13.5. The zero-order chi connectivity index (χ0) is 17.6. The molecule has 1 fully saturated rings. The Balaban J connectivity index is 1.70. The number of para-hydroxylation sites is 2. The topological polar surface area (TPSA) is 45.5 Å². The Morgan fingerprint density at radius 3 is 2.16 bits per heavy atom. The summed E-state index contributed by atoms with van der Waals surface area (Å²) in [5.41, 5.74) is 0.935. The highest BCUT2D eigenvalue weighted by molar-refractivity contribution is 6.07. The molecule has 2 aromatic carbocycles. The van der Waals surface area contributed by atoms with E-state index < -0.39 is 17.7 Å². The van der Waals surface area contributed by atoms with Crippen LogP contribution in [0.25, 0.3) is 21.8 Å². The summed E-state index contributed by atoms with van der Waals surface area (Å²) in [4.78, 5) is 13.3. The molecule has 2 unspecified atom stereocenters. The SMILES string of the molecule is CC(O)(CN1CCC(F)C1=O)Cn1c2ccccc2c2ccccc21. The van der Waals surface area contributed by atoms with Crippen LogP contribution < -0.4 is 0 Å². The van der Waals surface area contributed by atoms with E-state index in [2.05, 4.69) is 16.7 Å². The number of carbonyl (C=O) groups is 1. The zero-order valence-corrected chi connectivity index (χ0v) is 14.2. The van der Waals surface area contributed by atoms with E-state index in [1.54, 1.807) is 6.92 Å². The van der Waals surface area contributed by atoms with Crippen molar-refractivity contribution in [2.45, 2.75) is 31.7 Å². The van der Waals surface area contributed by atoms with Gasteiger partial charge < -0.3 is 14.6 Å². The molecular formula is C20H21FN2O2. The Hall–Kier alpha value is -2.40. The van der Waals surface area contributed by atoms with Gasteiger partial charge >= 0.3 is 0 Å². The standard InChI is InChI=1S/C20H21FN2O2/c1-20(25,12-22-11-10-16(21)19(22)24)13-23-17-8-4-2-6-14(17)15-7-3-5-9-18(15)23/h2-9,16,25H,10-13H2,1H3. The van der Waals surface area contributed by atoms with E-state index in [4.69, 9.17) is 0 Å². The van der Waals surface area contributed by atoms with Gasteiger partial charge in [0.1, 0.15) is 0 Å². The number of aromatic nitrogens is 1. The molecule has 2 atom stereocenters. The van der Waals surface area contributed by atoms with E-state index in [-0.39, 0.29) is 13.0 Å². The number of hydrogen-bond acceptors (Lipinski definition) is 2. The van der Waals surface area contributed by atoms with Crippen LogP contribution in [0.2, 0.25) is 0 Å². The number of likely N-dealkylation sites (tertiary alicyclic amines) is 1. The van der Waals surface area contributed by atoms with E-state index in [9.17, 15) is 14.3 Å². The Morgan fingerprint density at radius 1 is 1.08 bits per heavy atom. The van der Waals surface area contributed by atoms with Gasteiger partial charge in [-0.15, -0.1) is 0 Å². The van der Waals surface area contributed by atoms with Crippen molar-refractivity contribution in [1.29, 1.82) is 0 Å². The summed E-state index contributed by atoms with van der Waals surface area (Å²) in [6.45, 7) is 2.54. The summed E-state index contributed by atoms with van der Waals surface area (Å²) in [6, 6.07) is 16.2. The van der Waals surface area contributed by atoms with Gasteiger partial charge in [0.05, 0.1) is 18.7 Å². The van der Waals surface area contributed by atoms with Gasteiger partial charge in [-0.05, 0) is 19.1 Å². The maximum absolute atomic E-state index is 13.5. The lowest BCUT2D eigenvalue weighted by Gasteiger charge is -2.30. The second-order valence-electron chi connectivity index (χ2n) is 7.13. The molecule has 1 aromatic heterocycles. The summed E-state index contributed by atoms with van der Waals surface area (Å²) in [7, 11) is 0. The minimum absolute atomic E-state index is 0.132. The van der Waals surface area contributed by atoms with Crippen molar-refractivity contribution < 1.29 is 14.3 Å². The largest absolute Gasteiger partial charge is 0.386 e. The van der Waals surface area contributed by atoms with Gasteiger partial charge in [0.2, 0.25) is 0 Å². The molecule has 0 aliphatic carbocycles. The molecule has 130 valence electrons. The highest BCUT2D eigenvalue weighted by atomic mass is 19.1. The fourth-order valence-electron chi connectivity index (χ4n) is 3.83. The molecule has 1 N–H and O–H groups in total. The molecule has 1 saturated heterocycles. The first-order chi connectivity index (χ1) is 12.0. The Bertz CT molecular complexity index is 894. The zero-order valence-electron chi connectivity index (χ0n) is 14.2. The number of rotatable bonds is 4. The highest BCUT2D eigenvalue weighted by Gasteiger charge is 2.36. The summed E-state index contributed by atoms with van der Waals surface area (Å²) in [5.74, 6) is -0.512. The predicted octanol–water partition coefficient (Wildman–Crippen LogP) is 3.12. The fraction of sp³-hybridized carbons (Fsp3) is 0.350. The van der Waals surface area contributed by atoms with Crippen molar-refractivity contribution in [3.63, 3.8) is 0 Å². The van der Waals surface area contributed by atoms with Crippen LogP contribution in [0.4, 0.5) is 4.39 Å². The number of amides is 1. The molecule has 1 amide bonds. The summed E-state index contributed by atoms with van der Waals surface area (Å²) in [5, 5.41) is 13.2. The number of carbonyl (C=O) groups excluding carboxylic acids is 1. The van der Waals surface area contributed by atoms with Crippen LogP contribution in [-0.4, -0.2) is 45.3 Å². The van der Waals surface area contributed by atoms with E-state index in [0.29, 0.717) is 13.1 Å². The monoisotopic (exact) mass is 340 g/mol. The summed E-state index contributed by atoms with van der Waals surface area (Å²) >= 11 is 0. The molecule has 0 spiro atoms. The van der Waals surface area contributed by atoms with Crippen LogP contribution in [-0.2, 0) is 11.3 Å². The van der Waals surface area contributed by atoms with E-state index in [0.717, 1.165) is 21.8 Å². The van der Waals surface area contributed by atoms with Gasteiger partial charge in [0.15, 0.2) is 6.17 Å². The van der Waals surface area contributed by atoms with Gasteiger partial charge in [0.25, 0.3) is 5.91 Å². The van der Waals surface area contributed by atoms with Crippen molar-refractivity contribution in [2.24, 2.45) is 0 Å². The van der Waals surface area contributed by atoms with E-state index in [1.165, 1.54) is 4.90 Å². The molecule has 1 aliphatic heterocycles. The van der Waals surface area contributed by atoms with Crippen LogP contribution in [0.15, 0.2) is 48.5 Å². The highest BCUT2D eigenvalue weighted by Crippen LogP contribution is 2.30. The third-order valence-corrected chi connectivity index (χ3v) is 4.94. The quantitative estimate of drug-likeness (QED) is 0.793. The molecule has 2 heterocycles. The summed E-state index contributed by atoms with van der Waals surface area (Å²) < 4.78 is 15.5. The molecule has 3 aromatic rings. The lowest BCUT2D eigenvalue weighted by atomic mass is 10.1. The van der Waals surface area contributed by atoms with E-state index >= 15 is 0 Å². The Kier molecular flexibility index (Phi) is 3.76. The number of aliphatic hydroxyl groups is 1. The third kappa shape index (κ3) is 2.78. The van der Waals surface area contributed by atoms with Gasteiger partial charge in [-0.1, -0.05) is 36.4 Å². The number of β-amino-alcohol motifs (C(OH)–C–C–N with tert-alkyl or cyclic N) is 1. The maximum Gasteiger partial charge on any atom is 0.257 e. The number of alkyl halides is 1. The minimum atomic E-state index is -1.43. The molecule has 0 bridgehead atoms. The minimum Gasteiger partial charge on any atom is -0.386 e. The second kappa shape index (κ2) is 5.85. The second-order valence-corrected chi connectivity index (χ2v) is 7.13. The molecule has 4 rings (SSSR count). The van der Waals surface area contributed by atoms with Crippen LogP contribution in [0.1, 0.15) is 13.3 Å². The van der Waals surface area contributed by atoms with Gasteiger partial charge in [-0.3, -0.25) is 4.79 Å². The first-order valence-corrected chi connectivity index (χ1v) is 8.57. The molecular weight excluding hydrogens is 319 g/mol. The summed E-state index contributed by atoms with van der Waals surface area (Å²) in [6.07, 6.45) is -1.21. The van der Waals surface area contributed by atoms with Crippen molar-refractivity contribution in [3.8, 4) is 0 Å². The first kappa shape index (κ1) is 16.1. The third-order valence-electron chi connectivity index (χ3n) is 4.94. The predicted molar refractivity (Wildman–Crippen MR) is 96.2 cm³/mol. The van der Waals surface area contributed by atoms with Crippen LogP contribution in [0.3, 0.4) is 0 Å². The van der Waals surface area contributed by atoms with Crippen LogP contribution in [0, 0.1) is 0 Å². The number of fused-ring (bicyclic) bond motifs is 3.